The van der Waals surface area contributed by atoms with Crippen molar-refractivity contribution in [3.8, 4) is 5.75 Å². The Morgan fingerprint density at radius 2 is 1.57 bits per heavy atom. The van der Waals surface area contributed by atoms with E-state index in [1.165, 1.54) is 5.56 Å². The topological polar surface area (TPSA) is 20.2 Å². The summed E-state index contributed by atoms with van der Waals surface area (Å²) in [7, 11) is 0. The third-order valence-corrected chi connectivity index (χ3v) is 3.02. The molecular formula is C12H15FO. The summed E-state index contributed by atoms with van der Waals surface area (Å²) in [4.78, 5) is 0. The first-order valence-corrected chi connectivity index (χ1v) is 5.18. The number of halogens is 1. The standard InChI is InChI=1S/C12H15FO/c13-11-5-1-9(2-6-11)10-3-7-12(14)8-4-10/h3-4,7-9,11,14H,1-2,5-6H2. The van der Waals surface area contributed by atoms with Gasteiger partial charge < -0.3 is 5.11 Å². The van der Waals surface area contributed by atoms with E-state index in [4.69, 9.17) is 5.11 Å². The van der Waals surface area contributed by atoms with Crippen LogP contribution in [-0.4, -0.2) is 11.3 Å². The highest BCUT2D eigenvalue weighted by atomic mass is 19.1. The number of hydrogen-bond donors (Lipinski definition) is 1. The summed E-state index contributed by atoms with van der Waals surface area (Å²) in [5.41, 5.74) is 1.23. The van der Waals surface area contributed by atoms with Gasteiger partial charge >= 0.3 is 0 Å². The molecule has 0 radical (unpaired) electrons. The van der Waals surface area contributed by atoms with Gasteiger partial charge in [0.15, 0.2) is 0 Å². The van der Waals surface area contributed by atoms with E-state index in [0.717, 1.165) is 12.8 Å². The molecule has 1 aromatic rings. The fourth-order valence-corrected chi connectivity index (χ4v) is 2.13. The molecule has 1 aliphatic carbocycles. The lowest BCUT2D eigenvalue weighted by Crippen LogP contribution is -2.13. The summed E-state index contributed by atoms with van der Waals surface area (Å²) < 4.78 is 12.9. The van der Waals surface area contributed by atoms with E-state index in [1.54, 1.807) is 12.1 Å². The minimum atomic E-state index is -0.594. The zero-order valence-corrected chi connectivity index (χ0v) is 8.12. The highest BCUT2D eigenvalue weighted by molar-refractivity contribution is 5.28. The molecule has 0 atom stereocenters. The second kappa shape index (κ2) is 3.99. The highest BCUT2D eigenvalue weighted by Crippen LogP contribution is 2.34. The second-order valence-corrected chi connectivity index (χ2v) is 4.04. The van der Waals surface area contributed by atoms with Crippen LogP contribution in [0.1, 0.15) is 37.2 Å². The van der Waals surface area contributed by atoms with Gasteiger partial charge in [0.2, 0.25) is 0 Å². The van der Waals surface area contributed by atoms with Crippen LogP contribution < -0.4 is 0 Å². The van der Waals surface area contributed by atoms with Crippen LogP contribution >= 0.6 is 0 Å². The van der Waals surface area contributed by atoms with Crippen molar-refractivity contribution in [2.24, 2.45) is 0 Å². The molecule has 0 aliphatic heterocycles. The quantitative estimate of drug-likeness (QED) is 0.726. The lowest BCUT2D eigenvalue weighted by Gasteiger charge is -2.24. The van der Waals surface area contributed by atoms with Crippen molar-refractivity contribution in [2.75, 3.05) is 0 Å². The molecule has 0 amide bonds. The summed E-state index contributed by atoms with van der Waals surface area (Å²) in [6.07, 6.45) is 2.65. The van der Waals surface area contributed by atoms with Crippen LogP contribution in [0.2, 0.25) is 0 Å². The van der Waals surface area contributed by atoms with E-state index < -0.39 is 6.17 Å². The lowest BCUT2D eigenvalue weighted by atomic mass is 9.83. The van der Waals surface area contributed by atoms with Gasteiger partial charge in [0.05, 0.1) is 0 Å². The van der Waals surface area contributed by atoms with Gasteiger partial charge in [0.1, 0.15) is 11.9 Å². The number of aromatic hydroxyl groups is 1. The van der Waals surface area contributed by atoms with Crippen LogP contribution in [0.15, 0.2) is 24.3 Å². The highest BCUT2D eigenvalue weighted by Gasteiger charge is 2.21. The van der Waals surface area contributed by atoms with E-state index >= 15 is 0 Å². The van der Waals surface area contributed by atoms with E-state index in [-0.39, 0.29) is 0 Å². The second-order valence-electron chi connectivity index (χ2n) is 4.04. The van der Waals surface area contributed by atoms with Gasteiger partial charge in [0, 0.05) is 0 Å². The zero-order chi connectivity index (χ0) is 9.97. The maximum absolute atomic E-state index is 12.9. The van der Waals surface area contributed by atoms with Crippen LogP contribution in [0.5, 0.6) is 5.75 Å². The van der Waals surface area contributed by atoms with Crippen molar-refractivity contribution in [3.63, 3.8) is 0 Å². The normalized spacial score (nSPS) is 27.5. The molecule has 0 spiro atoms. The van der Waals surface area contributed by atoms with Gasteiger partial charge in [-0.05, 0) is 49.3 Å². The lowest BCUT2D eigenvalue weighted by molar-refractivity contribution is 0.235. The minimum absolute atomic E-state index is 0.299. The third-order valence-electron chi connectivity index (χ3n) is 3.02. The number of alkyl halides is 1. The smallest absolute Gasteiger partial charge is 0.115 e. The summed E-state index contributed by atoms with van der Waals surface area (Å²) in [5, 5.41) is 9.14. The monoisotopic (exact) mass is 194 g/mol. The molecule has 0 unspecified atom stereocenters. The van der Waals surface area contributed by atoms with E-state index in [9.17, 15) is 4.39 Å². The van der Waals surface area contributed by atoms with Crippen molar-refractivity contribution in [2.45, 2.75) is 37.8 Å². The van der Waals surface area contributed by atoms with Gasteiger partial charge in [-0.25, -0.2) is 4.39 Å². The van der Waals surface area contributed by atoms with Crippen LogP contribution in [0.3, 0.4) is 0 Å². The number of hydrogen-bond acceptors (Lipinski definition) is 1. The maximum atomic E-state index is 12.9. The Kier molecular flexibility index (Phi) is 2.71. The Morgan fingerprint density at radius 1 is 1.00 bits per heavy atom. The van der Waals surface area contributed by atoms with E-state index in [1.807, 2.05) is 12.1 Å². The molecule has 0 bridgehead atoms. The Balaban J connectivity index is 2.05. The minimum Gasteiger partial charge on any atom is -0.508 e. The first-order valence-electron chi connectivity index (χ1n) is 5.18. The van der Waals surface area contributed by atoms with Gasteiger partial charge in [0.25, 0.3) is 0 Å². The maximum Gasteiger partial charge on any atom is 0.115 e. The number of phenolic OH excluding ortho intramolecular Hbond substituents is 1. The molecule has 76 valence electrons. The first-order chi connectivity index (χ1) is 6.75. The summed E-state index contributed by atoms with van der Waals surface area (Å²) in [6.45, 7) is 0. The van der Waals surface area contributed by atoms with Crippen molar-refractivity contribution in [3.05, 3.63) is 29.8 Å². The van der Waals surface area contributed by atoms with Crippen LogP contribution in [0.4, 0.5) is 4.39 Å². The van der Waals surface area contributed by atoms with Gasteiger partial charge in [-0.1, -0.05) is 12.1 Å². The van der Waals surface area contributed by atoms with E-state index in [2.05, 4.69) is 0 Å². The Labute approximate surface area is 83.6 Å². The molecule has 1 aromatic carbocycles. The Bertz CT molecular complexity index is 286. The Morgan fingerprint density at radius 3 is 2.14 bits per heavy atom. The molecular weight excluding hydrogens is 179 g/mol. The predicted molar refractivity (Wildman–Crippen MR) is 54.2 cm³/mol. The molecule has 0 aromatic heterocycles. The molecule has 14 heavy (non-hydrogen) atoms. The van der Waals surface area contributed by atoms with Crippen LogP contribution in [-0.2, 0) is 0 Å². The fraction of sp³-hybridized carbons (Fsp3) is 0.500. The molecule has 0 saturated heterocycles. The van der Waals surface area contributed by atoms with Crippen LogP contribution in [0, 0.1) is 0 Å². The molecule has 2 heteroatoms. The fourth-order valence-electron chi connectivity index (χ4n) is 2.13. The SMILES string of the molecule is Oc1ccc(C2CCC(F)CC2)cc1. The molecule has 1 N–H and O–H groups in total. The summed E-state index contributed by atoms with van der Waals surface area (Å²) >= 11 is 0. The van der Waals surface area contributed by atoms with Crippen LogP contribution in [0.25, 0.3) is 0 Å². The molecule has 1 saturated carbocycles. The average molecular weight is 194 g/mol. The average Bonchev–Trinajstić information content (AvgIpc) is 2.21. The van der Waals surface area contributed by atoms with Crippen molar-refractivity contribution < 1.29 is 9.50 Å². The van der Waals surface area contributed by atoms with Gasteiger partial charge in [-0.3, -0.25) is 0 Å². The largest absolute Gasteiger partial charge is 0.508 e. The predicted octanol–water partition coefficient (Wildman–Crippen LogP) is 3.39. The van der Waals surface area contributed by atoms with Crippen molar-refractivity contribution in [1.29, 1.82) is 0 Å². The Hall–Kier alpha value is -1.05. The van der Waals surface area contributed by atoms with Gasteiger partial charge in [-0.15, -0.1) is 0 Å². The van der Waals surface area contributed by atoms with Gasteiger partial charge in [-0.2, -0.15) is 0 Å². The van der Waals surface area contributed by atoms with Crippen molar-refractivity contribution >= 4 is 0 Å². The number of benzene rings is 1. The molecule has 1 fully saturated rings. The summed E-state index contributed by atoms with van der Waals surface area (Å²) in [6, 6.07) is 7.30. The first kappa shape index (κ1) is 9.50. The zero-order valence-electron chi connectivity index (χ0n) is 8.12. The molecule has 1 nitrogen and oxygen atoms in total. The number of phenols is 1. The third kappa shape index (κ3) is 2.06. The molecule has 2 rings (SSSR count). The molecule has 1 aliphatic rings. The van der Waals surface area contributed by atoms with E-state index in [0.29, 0.717) is 24.5 Å². The van der Waals surface area contributed by atoms with Crippen molar-refractivity contribution in [1.82, 2.24) is 0 Å². The number of rotatable bonds is 1. The molecule has 0 heterocycles. The summed E-state index contributed by atoms with van der Waals surface area (Å²) in [5.74, 6) is 0.788.